The molecule has 1 aromatic heterocycles. The van der Waals surface area contributed by atoms with Crippen molar-refractivity contribution in [3.63, 3.8) is 0 Å². The second-order valence-electron chi connectivity index (χ2n) is 3.84. The van der Waals surface area contributed by atoms with Gasteiger partial charge >= 0.3 is 12.0 Å². The number of carboxylic acid groups (broad SMARTS) is 1. The minimum atomic E-state index is -1.10. The van der Waals surface area contributed by atoms with Crippen molar-refractivity contribution in [2.75, 3.05) is 0 Å². The number of nitrogens with one attached hydrogen (secondary N) is 2. The molecule has 0 saturated heterocycles. The molecule has 0 aliphatic carbocycles. The number of nitrogens with zero attached hydrogens (tertiary/aromatic N) is 2. The molecule has 19 heavy (non-hydrogen) atoms. The van der Waals surface area contributed by atoms with E-state index in [-0.39, 0.29) is 13.0 Å². The molecule has 0 fully saturated rings. The molecule has 7 heteroatoms. The van der Waals surface area contributed by atoms with E-state index in [2.05, 4.69) is 27.2 Å². The van der Waals surface area contributed by atoms with Crippen LogP contribution < -0.4 is 10.6 Å². The second-order valence-corrected chi connectivity index (χ2v) is 3.84. The number of carbonyl (C=O) groups excluding carboxylic acids is 1. The van der Waals surface area contributed by atoms with Gasteiger partial charge in [0.1, 0.15) is 11.9 Å². The lowest BCUT2D eigenvalue weighted by Crippen LogP contribution is -2.45. The zero-order chi connectivity index (χ0) is 14.3. The summed E-state index contributed by atoms with van der Waals surface area (Å²) in [6.45, 7) is 5.39. The summed E-state index contributed by atoms with van der Waals surface area (Å²) in [4.78, 5) is 30.4. The molecule has 0 spiro atoms. The van der Waals surface area contributed by atoms with Crippen molar-refractivity contribution in [3.05, 3.63) is 36.4 Å². The Morgan fingerprint density at radius 2 is 2.32 bits per heavy atom. The van der Waals surface area contributed by atoms with Gasteiger partial charge in [0, 0.05) is 6.20 Å². The van der Waals surface area contributed by atoms with Crippen molar-refractivity contribution in [3.8, 4) is 0 Å². The zero-order valence-corrected chi connectivity index (χ0v) is 10.6. The Hall–Kier alpha value is -2.44. The maximum atomic E-state index is 11.5. The molecular weight excluding hydrogens is 248 g/mol. The summed E-state index contributed by atoms with van der Waals surface area (Å²) in [7, 11) is 0. The summed E-state index contributed by atoms with van der Waals surface area (Å²) in [5.74, 6) is -0.497. The summed E-state index contributed by atoms with van der Waals surface area (Å²) in [5, 5.41) is 13.7. The van der Waals surface area contributed by atoms with Crippen LogP contribution in [0, 0.1) is 6.92 Å². The number of hydrogen-bond donors (Lipinski definition) is 3. The minimum absolute atomic E-state index is 0.162. The summed E-state index contributed by atoms with van der Waals surface area (Å²) in [6.07, 6.45) is 3.19. The highest BCUT2D eigenvalue weighted by Crippen LogP contribution is 1.95. The van der Waals surface area contributed by atoms with Crippen molar-refractivity contribution in [2.24, 2.45) is 0 Å². The van der Waals surface area contributed by atoms with Crippen LogP contribution in [0.25, 0.3) is 0 Å². The fourth-order valence-corrected chi connectivity index (χ4v) is 1.37. The first kappa shape index (κ1) is 14.6. The van der Waals surface area contributed by atoms with Gasteiger partial charge in [0.25, 0.3) is 0 Å². The maximum Gasteiger partial charge on any atom is 0.326 e. The molecule has 1 rings (SSSR count). The van der Waals surface area contributed by atoms with E-state index in [1.54, 1.807) is 19.2 Å². The Morgan fingerprint density at radius 3 is 2.89 bits per heavy atom. The van der Waals surface area contributed by atoms with E-state index in [4.69, 9.17) is 5.11 Å². The monoisotopic (exact) mass is 264 g/mol. The number of aryl methyl sites for hydroxylation is 1. The third-order valence-electron chi connectivity index (χ3n) is 2.27. The molecule has 1 heterocycles. The third-order valence-corrected chi connectivity index (χ3v) is 2.27. The first-order chi connectivity index (χ1) is 9.02. The molecule has 2 amide bonds. The number of aromatic nitrogens is 2. The van der Waals surface area contributed by atoms with E-state index >= 15 is 0 Å². The summed E-state index contributed by atoms with van der Waals surface area (Å²) < 4.78 is 0. The Labute approximate surface area is 110 Å². The SMILES string of the molecule is C=CCC(NC(=O)NCc1ccnc(C)n1)C(=O)O. The molecule has 102 valence electrons. The highest BCUT2D eigenvalue weighted by atomic mass is 16.4. The topological polar surface area (TPSA) is 104 Å². The molecule has 0 aromatic carbocycles. The average molecular weight is 264 g/mol. The van der Waals surface area contributed by atoms with Crippen LogP contribution in [-0.2, 0) is 11.3 Å². The van der Waals surface area contributed by atoms with Crippen molar-refractivity contribution >= 4 is 12.0 Å². The van der Waals surface area contributed by atoms with Gasteiger partial charge in [-0.3, -0.25) is 0 Å². The van der Waals surface area contributed by atoms with E-state index < -0.39 is 18.0 Å². The molecule has 0 bridgehead atoms. The Kier molecular flexibility index (Phi) is 5.46. The molecular formula is C12H16N4O3. The van der Waals surface area contributed by atoms with Crippen LogP contribution in [0.3, 0.4) is 0 Å². The first-order valence-electron chi connectivity index (χ1n) is 5.69. The van der Waals surface area contributed by atoms with Crippen molar-refractivity contribution in [1.29, 1.82) is 0 Å². The smallest absolute Gasteiger partial charge is 0.326 e. The first-order valence-corrected chi connectivity index (χ1v) is 5.69. The van der Waals surface area contributed by atoms with Gasteiger partial charge in [-0.2, -0.15) is 0 Å². The Morgan fingerprint density at radius 1 is 1.58 bits per heavy atom. The van der Waals surface area contributed by atoms with Crippen molar-refractivity contribution in [1.82, 2.24) is 20.6 Å². The predicted molar refractivity (Wildman–Crippen MR) is 68.4 cm³/mol. The number of hydrogen-bond acceptors (Lipinski definition) is 4. The highest BCUT2D eigenvalue weighted by molar-refractivity contribution is 5.82. The van der Waals surface area contributed by atoms with Gasteiger partial charge in [-0.1, -0.05) is 6.08 Å². The van der Waals surface area contributed by atoms with Crippen LogP contribution in [0.1, 0.15) is 17.9 Å². The number of carbonyl (C=O) groups is 2. The minimum Gasteiger partial charge on any atom is -0.480 e. The fourth-order valence-electron chi connectivity index (χ4n) is 1.37. The average Bonchev–Trinajstić information content (AvgIpc) is 2.36. The summed E-state index contributed by atoms with van der Waals surface area (Å²) >= 11 is 0. The van der Waals surface area contributed by atoms with Gasteiger partial charge in [-0.25, -0.2) is 19.6 Å². The Balaban J connectivity index is 2.46. The number of rotatable bonds is 6. The molecule has 0 saturated carbocycles. The van der Waals surface area contributed by atoms with Crippen LogP contribution in [0.5, 0.6) is 0 Å². The van der Waals surface area contributed by atoms with Gasteiger partial charge in [-0.15, -0.1) is 6.58 Å². The third kappa shape index (κ3) is 5.15. The molecule has 0 radical (unpaired) electrons. The molecule has 1 unspecified atom stereocenters. The van der Waals surface area contributed by atoms with Gasteiger partial charge < -0.3 is 15.7 Å². The second kappa shape index (κ2) is 7.10. The highest BCUT2D eigenvalue weighted by Gasteiger charge is 2.17. The number of urea groups is 1. The largest absolute Gasteiger partial charge is 0.480 e. The van der Waals surface area contributed by atoms with E-state index in [1.165, 1.54) is 6.08 Å². The molecule has 3 N–H and O–H groups in total. The van der Waals surface area contributed by atoms with Gasteiger partial charge in [-0.05, 0) is 19.4 Å². The zero-order valence-electron chi connectivity index (χ0n) is 10.6. The van der Waals surface area contributed by atoms with Gasteiger partial charge in [0.15, 0.2) is 0 Å². The molecule has 1 atom stereocenters. The standard InChI is InChI=1S/C12H16N4O3/c1-3-4-10(11(17)18)16-12(19)14-7-9-5-6-13-8(2)15-9/h3,5-6,10H,1,4,7H2,2H3,(H,17,18)(H2,14,16,19). The lowest BCUT2D eigenvalue weighted by atomic mass is 10.2. The van der Waals surface area contributed by atoms with Crippen molar-refractivity contribution < 1.29 is 14.7 Å². The van der Waals surface area contributed by atoms with Gasteiger partial charge in [0.05, 0.1) is 12.2 Å². The number of amides is 2. The van der Waals surface area contributed by atoms with E-state index in [0.717, 1.165) is 0 Å². The number of aliphatic carboxylic acids is 1. The molecule has 0 aliphatic rings. The van der Waals surface area contributed by atoms with Crippen LogP contribution in [0.4, 0.5) is 4.79 Å². The number of carboxylic acids is 1. The van der Waals surface area contributed by atoms with Crippen LogP contribution in [0.15, 0.2) is 24.9 Å². The molecule has 1 aromatic rings. The van der Waals surface area contributed by atoms with E-state index in [1.807, 2.05) is 0 Å². The summed E-state index contributed by atoms with van der Waals surface area (Å²) in [5.41, 5.74) is 0.651. The van der Waals surface area contributed by atoms with E-state index in [9.17, 15) is 9.59 Å². The normalized spacial score (nSPS) is 11.4. The van der Waals surface area contributed by atoms with Crippen LogP contribution >= 0.6 is 0 Å². The maximum absolute atomic E-state index is 11.5. The lowest BCUT2D eigenvalue weighted by Gasteiger charge is -2.13. The van der Waals surface area contributed by atoms with Crippen LogP contribution in [0.2, 0.25) is 0 Å². The lowest BCUT2D eigenvalue weighted by molar-refractivity contribution is -0.139. The van der Waals surface area contributed by atoms with Crippen molar-refractivity contribution in [2.45, 2.75) is 25.9 Å². The Bertz CT molecular complexity index is 476. The fraction of sp³-hybridized carbons (Fsp3) is 0.333. The van der Waals surface area contributed by atoms with Crippen LogP contribution in [-0.4, -0.2) is 33.1 Å². The molecule has 0 aliphatic heterocycles. The summed E-state index contributed by atoms with van der Waals surface area (Å²) in [6, 6.07) is 0.126. The van der Waals surface area contributed by atoms with E-state index in [0.29, 0.717) is 11.5 Å². The molecule has 7 nitrogen and oxygen atoms in total. The van der Waals surface area contributed by atoms with Gasteiger partial charge in [0.2, 0.25) is 0 Å². The quantitative estimate of drug-likeness (QED) is 0.653. The predicted octanol–water partition coefficient (Wildman–Crippen LogP) is 0.614.